The second-order valence-electron chi connectivity index (χ2n) is 8.24. The minimum absolute atomic E-state index is 0.00941. The molecule has 5 heterocycles. The minimum Gasteiger partial charge on any atom is -0.335 e. The van der Waals surface area contributed by atoms with Crippen LogP contribution in [0, 0.1) is 20.8 Å². The smallest absolute Gasteiger partial charge is 0.255 e. The number of carbonyl (C=O) groups excluding carboxylic acids is 1. The highest BCUT2D eigenvalue weighted by Crippen LogP contribution is 2.33. The van der Waals surface area contributed by atoms with Crippen molar-refractivity contribution in [1.29, 1.82) is 0 Å². The lowest BCUT2D eigenvalue weighted by Crippen LogP contribution is -2.34. The van der Waals surface area contributed by atoms with Crippen molar-refractivity contribution < 1.29 is 4.79 Å². The third-order valence-corrected chi connectivity index (χ3v) is 7.82. The van der Waals surface area contributed by atoms with Gasteiger partial charge in [0.2, 0.25) is 0 Å². The molecule has 0 aromatic carbocycles. The molecule has 34 heavy (non-hydrogen) atoms. The summed E-state index contributed by atoms with van der Waals surface area (Å²) in [5.74, 6) is 0.646. The molecule has 10 heteroatoms. The lowest BCUT2D eigenvalue weighted by molar-refractivity contribution is 0.0772. The number of hydrogen-bond donors (Lipinski definition) is 1. The molecule has 1 aliphatic heterocycles. The van der Waals surface area contributed by atoms with E-state index in [4.69, 9.17) is 0 Å². The summed E-state index contributed by atoms with van der Waals surface area (Å²) in [6.07, 6.45) is 6.47. The Kier molecular flexibility index (Phi) is 6.01. The first-order valence-corrected chi connectivity index (χ1v) is 12.7. The van der Waals surface area contributed by atoms with E-state index in [2.05, 4.69) is 38.4 Å². The van der Waals surface area contributed by atoms with Crippen LogP contribution < -0.4 is 5.32 Å². The SMILES string of the molecule is Cc1nc(C)c(-c2csc(Nc3ccc(C(=O)N4CC=C(c5cnn(C)c5C)CC4)cn3)n2)s1. The Morgan fingerprint density at radius 3 is 2.62 bits per heavy atom. The summed E-state index contributed by atoms with van der Waals surface area (Å²) in [5, 5.41) is 11.4. The van der Waals surface area contributed by atoms with Gasteiger partial charge < -0.3 is 10.2 Å². The van der Waals surface area contributed by atoms with Crippen LogP contribution in [0.15, 0.2) is 36.0 Å². The van der Waals surface area contributed by atoms with E-state index in [-0.39, 0.29) is 5.91 Å². The maximum atomic E-state index is 13.0. The van der Waals surface area contributed by atoms with Crippen LogP contribution in [0.4, 0.5) is 10.9 Å². The van der Waals surface area contributed by atoms with E-state index in [9.17, 15) is 4.79 Å². The number of nitrogens with one attached hydrogen (secondary N) is 1. The molecule has 4 aromatic rings. The van der Waals surface area contributed by atoms with E-state index in [1.807, 2.05) is 54.2 Å². The molecule has 174 valence electrons. The predicted molar refractivity (Wildman–Crippen MR) is 137 cm³/mol. The lowest BCUT2D eigenvalue weighted by atomic mass is 10.00. The van der Waals surface area contributed by atoms with E-state index in [0.717, 1.165) is 44.1 Å². The molecular weight excluding hydrogens is 466 g/mol. The van der Waals surface area contributed by atoms with Crippen LogP contribution in [0.2, 0.25) is 0 Å². The number of nitrogens with zero attached hydrogens (tertiary/aromatic N) is 6. The summed E-state index contributed by atoms with van der Waals surface area (Å²) >= 11 is 3.17. The predicted octanol–water partition coefficient (Wildman–Crippen LogP) is 4.99. The van der Waals surface area contributed by atoms with E-state index in [1.165, 1.54) is 16.9 Å². The maximum Gasteiger partial charge on any atom is 0.255 e. The van der Waals surface area contributed by atoms with Gasteiger partial charge >= 0.3 is 0 Å². The largest absolute Gasteiger partial charge is 0.335 e. The first kappa shape index (κ1) is 22.4. The minimum atomic E-state index is -0.00941. The number of amides is 1. The summed E-state index contributed by atoms with van der Waals surface area (Å²) in [6, 6.07) is 3.63. The molecule has 4 aromatic heterocycles. The summed E-state index contributed by atoms with van der Waals surface area (Å²) in [5.41, 5.74) is 6.05. The van der Waals surface area contributed by atoms with Crippen molar-refractivity contribution in [2.24, 2.45) is 7.05 Å². The molecular formula is C24H25N7OS2. The van der Waals surface area contributed by atoms with Crippen LogP contribution in [0.5, 0.6) is 0 Å². The highest BCUT2D eigenvalue weighted by atomic mass is 32.1. The van der Waals surface area contributed by atoms with E-state index < -0.39 is 0 Å². The van der Waals surface area contributed by atoms with Gasteiger partial charge in [0.1, 0.15) is 5.82 Å². The fourth-order valence-corrected chi connectivity index (χ4v) is 5.67. The summed E-state index contributed by atoms with van der Waals surface area (Å²) in [7, 11) is 1.94. The Balaban J connectivity index is 1.23. The monoisotopic (exact) mass is 491 g/mol. The quantitative estimate of drug-likeness (QED) is 0.423. The Hall–Kier alpha value is -3.37. The standard InChI is InChI=1S/C24H25N7OS2/c1-14-22(34-16(3)27-14)20-13-33-24(28-20)29-21-6-5-18(11-25-21)23(32)31-9-7-17(8-10-31)19-12-26-30(4)15(19)2/h5-7,11-13H,8-10H2,1-4H3,(H,25,28,29). The highest BCUT2D eigenvalue weighted by molar-refractivity contribution is 7.16. The number of carbonyl (C=O) groups is 1. The average molecular weight is 492 g/mol. The third-order valence-electron chi connectivity index (χ3n) is 5.96. The first-order chi connectivity index (χ1) is 16.4. The number of hydrogen-bond acceptors (Lipinski definition) is 8. The van der Waals surface area contributed by atoms with E-state index in [0.29, 0.717) is 24.5 Å². The van der Waals surface area contributed by atoms with Crippen molar-refractivity contribution in [2.45, 2.75) is 27.2 Å². The molecule has 1 aliphatic rings. The third kappa shape index (κ3) is 4.38. The van der Waals surface area contributed by atoms with Crippen LogP contribution in [-0.4, -0.2) is 48.6 Å². The first-order valence-electron chi connectivity index (χ1n) is 11.0. The van der Waals surface area contributed by atoms with Crippen LogP contribution in [0.25, 0.3) is 16.1 Å². The summed E-state index contributed by atoms with van der Waals surface area (Å²) in [6.45, 7) is 7.33. The molecule has 0 atom stereocenters. The van der Waals surface area contributed by atoms with Crippen LogP contribution in [-0.2, 0) is 7.05 Å². The summed E-state index contributed by atoms with van der Waals surface area (Å²) in [4.78, 5) is 29.5. The molecule has 0 radical (unpaired) electrons. The van der Waals surface area contributed by atoms with E-state index >= 15 is 0 Å². The van der Waals surface area contributed by atoms with Crippen molar-refractivity contribution in [2.75, 3.05) is 18.4 Å². The van der Waals surface area contributed by atoms with Crippen molar-refractivity contribution in [3.8, 4) is 10.6 Å². The molecule has 8 nitrogen and oxygen atoms in total. The van der Waals surface area contributed by atoms with Crippen molar-refractivity contribution in [3.63, 3.8) is 0 Å². The zero-order valence-corrected chi connectivity index (χ0v) is 21.1. The molecule has 5 rings (SSSR count). The number of aryl methyl sites for hydroxylation is 3. The molecule has 0 bridgehead atoms. The number of pyridine rings is 1. The molecule has 1 amide bonds. The molecule has 0 unspecified atom stereocenters. The molecule has 0 saturated carbocycles. The Labute approximate surface area is 206 Å². The van der Waals surface area contributed by atoms with Gasteiger partial charge in [0, 0.05) is 43.0 Å². The fourth-order valence-electron chi connectivity index (χ4n) is 4.00. The van der Waals surface area contributed by atoms with Crippen molar-refractivity contribution in [1.82, 2.24) is 29.6 Å². The Morgan fingerprint density at radius 1 is 1.15 bits per heavy atom. The lowest BCUT2D eigenvalue weighted by Gasteiger charge is -2.26. The van der Waals surface area contributed by atoms with E-state index in [1.54, 1.807) is 17.5 Å². The average Bonchev–Trinajstić information content (AvgIpc) is 3.53. The Bertz CT molecular complexity index is 1380. The zero-order valence-electron chi connectivity index (χ0n) is 19.5. The Morgan fingerprint density at radius 2 is 2.00 bits per heavy atom. The molecule has 0 aliphatic carbocycles. The summed E-state index contributed by atoms with van der Waals surface area (Å²) < 4.78 is 1.88. The van der Waals surface area contributed by atoms with Crippen LogP contribution in [0.1, 0.15) is 38.7 Å². The number of aromatic nitrogens is 5. The highest BCUT2D eigenvalue weighted by Gasteiger charge is 2.21. The van der Waals surface area contributed by atoms with Crippen molar-refractivity contribution in [3.05, 3.63) is 63.5 Å². The zero-order chi connectivity index (χ0) is 23.8. The van der Waals surface area contributed by atoms with Gasteiger partial charge in [0.25, 0.3) is 5.91 Å². The second-order valence-corrected chi connectivity index (χ2v) is 10.3. The van der Waals surface area contributed by atoms with Gasteiger partial charge in [-0.05, 0) is 44.9 Å². The van der Waals surface area contributed by atoms with Crippen molar-refractivity contribution >= 4 is 45.1 Å². The topological polar surface area (TPSA) is 88.8 Å². The van der Waals surface area contributed by atoms with Crippen LogP contribution in [0.3, 0.4) is 0 Å². The molecule has 1 N–H and O–H groups in total. The van der Waals surface area contributed by atoms with Gasteiger partial charge in [-0.1, -0.05) is 6.08 Å². The van der Waals surface area contributed by atoms with Crippen LogP contribution >= 0.6 is 22.7 Å². The molecule has 0 spiro atoms. The molecule has 0 saturated heterocycles. The number of thiazole rings is 2. The second kappa shape index (κ2) is 9.11. The van der Waals surface area contributed by atoms with Gasteiger partial charge in [0.05, 0.1) is 33.0 Å². The van der Waals surface area contributed by atoms with Gasteiger partial charge in [-0.3, -0.25) is 9.48 Å². The maximum absolute atomic E-state index is 13.0. The number of rotatable bonds is 5. The number of anilines is 2. The van der Waals surface area contributed by atoms with Gasteiger partial charge in [-0.25, -0.2) is 15.0 Å². The van der Waals surface area contributed by atoms with Gasteiger partial charge in [-0.2, -0.15) is 5.10 Å². The van der Waals surface area contributed by atoms with Gasteiger partial charge in [-0.15, -0.1) is 22.7 Å². The molecule has 0 fully saturated rings. The normalized spacial score (nSPS) is 13.8. The van der Waals surface area contributed by atoms with Gasteiger partial charge in [0.15, 0.2) is 5.13 Å². The fraction of sp³-hybridized carbons (Fsp3) is 0.292.